The van der Waals surface area contributed by atoms with Crippen molar-refractivity contribution in [3.05, 3.63) is 75.5 Å². The number of imide groups is 1. The van der Waals surface area contributed by atoms with Crippen molar-refractivity contribution in [3.8, 4) is 0 Å². The van der Waals surface area contributed by atoms with Gasteiger partial charge < -0.3 is 4.90 Å². The van der Waals surface area contributed by atoms with Crippen LogP contribution in [0, 0.1) is 34.3 Å². The van der Waals surface area contributed by atoms with E-state index < -0.39 is 40.2 Å². The number of fused-ring (bicyclic) bond motifs is 5. The van der Waals surface area contributed by atoms with Gasteiger partial charge in [0.2, 0.25) is 11.8 Å². The number of hydrogen-bond donors (Lipinski definition) is 0. The maximum Gasteiger partial charge on any atom is 0.269 e. The number of amides is 2. The number of Topliss-reactive ketones (excluding diaryl/α,β-unsaturated/α-hetero) is 1. The van der Waals surface area contributed by atoms with Crippen molar-refractivity contribution in [2.45, 2.75) is 39.8 Å². The summed E-state index contributed by atoms with van der Waals surface area (Å²) in [5.74, 6) is -2.48. The number of hydrogen-bond acceptors (Lipinski definition) is 6. The second-order valence-corrected chi connectivity index (χ2v) is 10.2. The van der Waals surface area contributed by atoms with Gasteiger partial charge in [-0.2, -0.15) is 0 Å². The predicted molar refractivity (Wildman–Crippen MR) is 126 cm³/mol. The molecule has 0 aromatic heterocycles. The number of rotatable bonds is 3. The highest BCUT2D eigenvalue weighted by atomic mass is 16.6. The third kappa shape index (κ3) is 3.01. The highest BCUT2D eigenvalue weighted by molar-refractivity contribution is 6.24. The van der Waals surface area contributed by atoms with Crippen molar-refractivity contribution in [3.63, 3.8) is 0 Å². The van der Waals surface area contributed by atoms with E-state index in [1.807, 2.05) is 62.2 Å². The highest BCUT2D eigenvalue weighted by Crippen LogP contribution is 2.54. The van der Waals surface area contributed by atoms with Crippen molar-refractivity contribution >= 4 is 35.0 Å². The van der Waals surface area contributed by atoms with E-state index in [4.69, 9.17) is 0 Å². The molecule has 0 saturated carbocycles. The lowest BCUT2D eigenvalue weighted by Crippen LogP contribution is -2.47. The first-order chi connectivity index (χ1) is 16.0. The summed E-state index contributed by atoms with van der Waals surface area (Å²) >= 11 is 0. The summed E-state index contributed by atoms with van der Waals surface area (Å²) in [6.07, 6.45) is 3.75. The highest BCUT2D eigenvalue weighted by Gasteiger charge is 2.65. The van der Waals surface area contributed by atoms with Crippen LogP contribution < -0.4 is 4.90 Å². The number of nitrogens with zero attached hydrogens (tertiary/aromatic N) is 3. The average Bonchev–Trinajstić information content (AvgIpc) is 3.25. The molecule has 3 aliphatic rings. The molecule has 2 saturated heterocycles. The van der Waals surface area contributed by atoms with Gasteiger partial charge in [0.25, 0.3) is 5.69 Å². The van der Waals surface area contributed by atoms with E-state index in [-0.39, 0.29) is 17.4 Å². The Hall–Kier alpha value is -3.81. The van der Waals surface area contributed by atoms with Crippen molar-refractivity contribution in [2.24, 2.45) is 17.3 Å². The van der Waals surface area contributed by atoms with Crippen LogP contribution in [0.1, 0.15) is 43.5 Å². The largest absolute Gasteiger partial charge is 0.359 e. The molecule has 0 radical (unpaired) electrons. The standard InChI is InChI=1S/C26H25N3O5/c1-14-13-16(29(33)34)9-10-18(14)28-24(31)19-20(25(28)32)22(23(30)26(2,3)4)27-12-11-15-7-5-6-8-17(15)21(19)27/h5-13,19-22H,1-4H3/t19-,20+,21-,22-/m0/s1. The van der Waals surface area contributed by atoms with E-state index in [1.165, 1.54) is 18.2 Å². The molecule has 2 fully saturated rings. The Morgan fingerprint density at radius 2 is 1.71 bits per heavy atom. The molecule has 174 valence electrons. The van der Waals surface area contributed by atoms with Gasteiger partial charge in [-0.1, -0.05) is 45.0 Å². The second kappa shape index (κ2) is 7.35. The molecule has 4 atom stereocenters. The second-order valence-electron chi connectivity index (χ2n) is 10.2. The van der Waals surface area contributed by atoms with Crippen LogP contribution in [0.3, 0.4) is 0 Å². The fraction of sp³-hybridized carbons (Fsp3) is 0.346. The van der Waals surface area contributed by atoms with Gasteiger partial charge in [0.15, 0.2) is 5.78 Å². The van der Waals surface area contributed by atoms with E-state index in [2.05, 4.69) is 0 Å². The zero-order valence-electron chi connectivity index (χ0n) is 19.4. The Morgan fingerprint density at radius 3 is 2.35 bits per heavy atom. The van der Waals surface area contributed by atoms with Gasteiger partial charge >= 0.3 is 0 Å². The van der Waals surface area contributed by atoms with Gasteiger partial charge in [0, 0.05) is 23.7 Å². The van der Waals surface area contributed by atoms with Crippen LogP contribution in [-0.2, 0) is 14.4 Å². The Kier molecular flexibility index (Phi) is 4.76. The molecule has 3 heterocycles. The minimum atomic E-state index is -0.838. The summed E-state index contributed by atoms with van der Waals surface area (Å²) < 4.78 is 0. The predicted octanol–water partition coefficient (Wildman–Crippen LogP) is 4.03. The first-order valence-corrected chi connectivity index (χ1v) is 11.2. The smallest absolute Gasteiger partial charge is 0.269 e. The summed E-state index contributed by atoms with van der Waals surface area (Å²) in [7, 11) is 0. The minimum Gasteiger partial charge on any atom is -0.359 e. The van der Waals surface area contributed by atoms with Crippen LogP contribution in [0.5, 0.6) is 0 Å². The topological polar surface area (TPSA) is 101 Å². The monoisotopic (exact) mass is 459 g/mol. The van der Waals surface area contributed by atoms with Crippen LogP contribution in [0.2, 0.25) is 0 Å². The molecule has 2 aromatic carbocycles. The number of benzene rings is 2. The van der Waals surface area contributed by atoms with E-state index in [0.717, 1.165) is 16.0 Å². The van der Waals surface area contributed by atoms with Gasteiger partial charge in [-0.25, -0.2) is 4.90 Å². The number of anilines is 1. The fourth-order valence-corrected chi connectivity index (χ4v) is 5.54. The summed E-state index contributed by atoms with van der Waals surface area (Å²) in [5, 5.41) is 11.2. The summed E-state index contributed by atoms with van der Waals surface area (Å²) in [6.45, 7) is 7.09. The molecule has 0 bridgehead atoms. The zero-order chi connectivity index (χ0) is 24.5. The molecule has 5 rings (SSSR count). The number of nitro groups is 1. The summed E-state index contributed by atoms with van der Waals surface area (Å²) in [5.41, 5.74) is 1.82. The SMILES string of the molecule is Cc1cc([N+](=O)[O-])ccc1N1C(=O)[C@@H]2[C@H](C1=O)[C@@H]1c3ccccc3C=CN1[C@@H]2C(=O)C(C)(C)C. The molecule has 3 aliphatic heterocycles. The average molecular weight is 460 g/mol. The Labute approximate surface area is 197 Å². The molecule has 2 aromatic rings. The van der Waals surface area contributed by atoms with E-state index in [1.54, 1.807) is 6.92 Å². The van der Waals surface area contributed by atoms with E-state index in [0.29, 0.717) is 11.3 Å². The number of carbonyl (C=O) groups excluding carboxylic acids is 3. The van der Waals surface area contributed by atoms with Crippen LogP contribution >= 0.6 is 0 Å². The number of ketones is 1. The normalized spacial score (nSPS) is 25.3. The van der Waals surface area contributed by atoms with E-state index >= 15 is 0 Å². The van der Waals surface area contributed by atoms with Crippen molar-refractivity contribution in [2.75, 3.05) is 4.90 Å². The van der Waals surface area contributed by atoms with Crippen molar-refractivity contribution in [1.29, 1.82) is 0 Å². The van der Waals surface area contributed by atoms with Crippen molar-refractivity contribution in [1.82, 2.24) is 4.90 Å². The van der Waals surface area contributed by atoms with Crippen LogP contribution in [0.15, 0.2) is 48.7 Å². The third-order valence-corrected chi connectivity index (χ3v) is 7.10. The zero-order valence-corrected chi connectivity index (χ0v) is 19.4. The van der Waals surface area contributed by atoms with Gasteiger partial charge in [-0.3, -0.25) is 24.5 Å². The van der Waals surface area contributed by atoms with Crippen LogP contribution in [-0.4, -0.2) is 33.5 Å². The molecule has 0 unspecified atom stereocenters. The molecular formula is C26H25N3O5. The lowest BCUT2D eigenvalue weighted by molar-refractivity contribution is -0.384. The molecule has 8 nitrogen and oxygen atoms in total. The first-order valence-electron chi connectivity index (χ1n) is 11.2. The Bertz CT molecular complexity index is 1290. The van der Waals surface area contributed by atoms with Crippen LogP contribution in [0.25, 0.3) is 6.08 Å². The summed E-state index contributed by atoms with van der Waals surface area (Å²) in [6, 6.07) is 10.6. The first kappa shape index (κ1) is 22.0. The molecule has 0 aliphatic carbocycles. The van der Waals surface area contributed by atoms with E-state index in [9.17, 15) is 24.5 Å². The van der Waals surface area contributed by atoms with Gasteiger partial charge in [-0.05, 0) is 35.8 Å². The number of aryl methyl sites for hydroxylation is 1. The van der Waals surface area contributed by atoms with Crippen molar-refractivity contribution < 1.29 is 19.3 Å². The maximum absolute atomic E-state index is 13.9. The van der Waals surface area contributed by atoms with Gasteiger partial charge in [0.1, 0.15) is 6.04 Å². The molecule has 2 amide bonds. The van der Waals surface area contributed by atoms with Crippen LogP contribution in [0.4, 0.5) is 11.4 Å². The summed E-state index contributed by atoms with van der Waals surface area (Å²) in [4.78, 5) is 55.0. The third-order valence-electron chi connectivity index (χ3n) is 7.10. The lowest BCUT2D eigenvalue weighted by atomic mass is 9.79. The minimum absolute atomic E-state index is 0.0996. The molecule has 34 heavy (non-hydrogen) atoms. The molecule has 0 spiro atoms. The maximum atomic E-state index is 13.9. The number of nitro benzene ring substituents is 1. The molecule has 0 N–H and O–H groups in total. The number of non-ortho nitro benzene ring substituents is 1. The molecular weight excluding hydrogens is 434 g/mol. The Balaban J connectivity index is 1.65. The fourth-order valence-electron chi connectivity index (χ4n) is 5.54. The quantitative estimate of drug-likeness (QED) is 0.390. The lowest BCUT2D eigenvalue weighted by Gasteiger charge is -2.37. The van der Waals surface area contributed by atoms with Gasteiger partial charge in [0.05, 0.1) is 28.5 Å². The Morgan fingerprint density at radius 1 is 1.03 bits per heavy atom. The molecule has 8 heteroatoms. The number of carbonyl (C=O) groups is 3. The van der Waals surface area contributed by atoms with Gasteiger partial charge in [-0.15, -0.1) is 0 Å².